The van der Waals surface area contributed by atoms with Crippen LogP contribution in [0.5, 0.6) is 0 Å². The van der Waals surface area contributed by atoms with Crippen LogP contribution in [0.1, 0.15) is 6.42 Å². The van der Waals surface area contributed by atoms with Crippen molar-refractivity contribution in [3.8, 4) is 0 Å². The maximum Gasteiger partial charge on any atom is 0.359 e. The summed E-state index contributed by atoms with van der Waals surface area (Å²) in [7, 11) is 0. The second kappa shape index (κ2) is 3.05. The van der Waals surface area contributed by atoms with Crippen molar-refractivity contribution in [1.29, 1.82) is 0 Å². The van der Waals surface area contributed by atoms with Gasteiger partial charge in [-0.2, -0.15) is 8.78 Å². The molecule has 0 unspecified atom stereocenters. The second-order valence-corrected chi connectivity index (χ2v) is 2.49. The Balaban J connectivity index is 3.99. The Morgan fingerprint density at radius 3 is 2.00 bits per heavy atom. The number of rotatable bonds is 3. The maximum absolute atomic E-state index is 11.8. The molecule has 0 aliphatic heterocycles. The number of ketones is 1. The fourth-order valence-electron chi connectivity index (χ4n) is 0.238. The summed E-state index contributed by atoms with van der Waals surface area (Å²) in [5.41, 5.74) is 0. The minimum atomic E-state index is -3.72. The number of carbonyl (C=O) groups is 2. The van der Waals surface area contributed by atoms with Gasteiger partial charge in [-0.15, -0.1) is 0 Å². The first kappa shape index (κ1) is 9.48. The molecule has 0 heterocycles. The lowest BCUT2D eigenvalue weighted by atomic mass is 10.3. The minimum Gasteiger partial charge on any atom is -0.481 e. The SMILES string of the molecule is O=C(O)CC(=O)C(F)(F)Br. The predicted octanol–water partition coefficient (Wildman–Crippen LogP) is 1.02. The molecule has 6 heteroatoms. The van der Waals surface area contributed by atoms with E-state index < -0.39 is 23.0 Å². The maximum atomic E-state index is 11.8. The van der Waals surface area contributed by atoms with Crippen LogP contribution in [0.3, 0.4) is 0 Å². The Morgan fingerprint density at radius 2 is 1.90 bits per heavy atom. The summed E-state index contributed by atoms with van der Waals surface area (Å²) in [4.78, 5) is 16.1. The Bertz CT molecular complexity index is 162. The van der Waals surface area contributed by atoms with Gasteiger partial charge in [-0.25, -0.2) is 0 Å². The highest BCUT2D eigenvalue weighted by atomic mass is 79.9. The number of hydrogen-bond donors (Lipinski definition) is 1. The van der Waals surface area contributed by atoms with Gasteiger partial charge in [0.15, 0.2) is 0 Å². The van der Waals surface area contributed by atoms with Crippen molar-refractivity contribution in [2.75, 3.05) is 0 Å². The van der Waals surface area contributed by atoms with Crippen LogP contribution in [0.25, 0.3) is 0 Å². The molecule has 0 aliphatic rings. The fraction of sp³-hybridized carbons (Fsp3) is 0.500. The van der Waals surface area contributed by atoms with Gasteiger partial charge in [-0.05, 0) is 15.9 Å². The van der Waals surface area contributed by atoms with Gasteiger partial charge >= 0.3 is 10.8 Å². The number of carboxylic acid groups (broad SMARTS) is 1. The smallest absolute Gasteiger partial charge is 0.359 e. The van der Waals surface area contributed by atoms with E-state index in [9.17, 15) is 18.4 Å². The standard InChI is InChI=1S/C4H3BrF2O3/c5-4(6,7)2(8)1-3(9)10/h1H2,(H,9,10). The Morgan fingerprint density at radius 1 is 1.50 bits per heavy atom. The van der Waals surface area contributed by atoms with Gasteiger partial charge in [0.05, 0.1) is 0 Å². The number of aliphatic carboxylic acids is 1. The third-order valence-corrected chi connectivity index (χ3v) is 1.07. The molecule has 10 heavy (non-hydrogen) atoms. The molecular weight excluding hydrogens is 214 g/mol. The molecular formula is C4H3BrF2O3. The molecule has 0 saturated carbocycles. The van der Waals surface area contributed by atoms with Gasteiger partial charge in [0.2, 0.25) is 5.78 Å². The van der Waals surface area contributed by atoms with Crippen molar-refractivity contribution in [3.05, 3.63) is 0 Å². The lowest BCUT2D eigenvalue weighted by molar-refractivity contribution is -0.144. The highest BCUT2D eigenvalue weighted by molar-refractivity contribution is 9.10. The largest absolute Gasteiger partial charge is 0.481 e. The molecule has 0 spiro atoms. The Kier molecular flexibility index (Phi) is 2.89. The number of halogens is 3. The minimum absolute atomic E-state index is 1.17. The van der Waals surface area contributed by atoms with Crippen molar-refractivity contribution in [2.45, 2.75) is 11.3 Å². The summed E-state index contributed by atoms with van der Waals surface area (Å²) in [6, 6.07) is 0. The second-order valence-electron chi connectivity index (χ2n) is 1.49. The number of alkyl halides is 3. The molecule has 58 valence electrons. The molecule has 0 bridgehead atoms. The van der Waals surface area contributed by atoms with E-state index in [1.165, 1.54) is 0 Å². The van der Waals surface area contributed by atoms with Crippen LogP contribution in [0.15, 0.2) is 0 Å². The summed E-state index contributed by atoms with van der Waals surface area (Å²) in [6.45, 7) is 0. The molecule has 1 N–H and O–H groups in total. The first-order chi connectivity index (χ1) is 4.34. The third-order valence-electron chi connectivity index (χ3n) is 0.628. The van der Waals surface area contributed by atoms with Gasteiger partial charge in [0.25, 0.3) is 0 Å². The number of carbonyl (C=O) groups excluding carboxylic acids is 1. The molecule has 0 aromatic heterocycles. The fourth-order valence-corrected chi connectivity index (χ4v) is 0.378. The Hall–Kier alpha value is -0.520. The zero-order chi connectivity index (χ0) is 8.36. The van der Waals surface area contributed by atoms with Gasteiger partial charge in [-0.1, -0.05) is 0 Å². The van der Waals surface area contributed by atoms with Crippen LogP contribution < -0.4 is 0 Å². The van der Waals surface area contributed by atoms with Crippen molar-refractivity contribution < 1.29 is 23.5 Å². The Labute approximate surface area is 63.1 Å². The normalized spacial score (nSPS) is 11.1. The average Bonchev–Trinajstić information content (AvgIpc) is 1.60. The average molecular weight is 217 g/mol. The van der Waals surface area contributed by atoms with E-state index in [1.54, 1.807) is 15.9 Å². The monoisotopic (exact) mass is 216 g/mol. The van der Waals surface area contributed by atoms with E-state index in [1.807, 2.05) is 0 Å². The zero-order valence-electron chi connectivity index (χ0n) is 4.60. The van der Waals surface area contributed by atoms with Crippen LogP contribution in [0.4, 0.5) is 8.78 Å². The highest BCUT2D eigenvalue weighted by Crippen LogP contribution is 2.23. The summed E-state index contributed by atoms with van der Waals surface area (Å²) in [5.74, 6) is -3.22. The van der Waals surface area contributed by atoms with Crippen molar-refractivity contribution in [1.82, 2.24) is 0 Å². The molecule has 0 fully saturated rings. The van der Waals surface area contributed by atoms with Crippen molar-refractivity contribution >= 4 is 27.7 Å². The summed E-state index contributed by atoms with van der Waals surface area (Å²) >= 11 is 1.73. The van der Waals surface area contributed by atoms with E-state index in [-0.39, 0.29) is 0 Å². The van der Waals surface area contributed by atoms with E-state index in [4.69, 9.17) is 5.11 Å². The molecule has 3 nitrogen and oxygen atoms in total. The predicted molar refractivity (Wildman–Crippen MR) is 31.1 cm³/mol. The lowest BCUT2D eigenvalue weighted by Crippen LogP contribution is -2.23. The molecule has 0 rings (SSSR count). The van der Waals surface area contributed by atoms with Crippen LogP contribution in [0, 0.1) is 0 Å². The molecule has 0 atom stereocenters. The van der Waals surface area contributed by atoms with Crippen molar-refractivity contribution in [2.24, 2.45) is 0 Å². The summed E-state index contributed by atoms with van der Waals surface area (Å²) in [5, 5.41) is 7.87. The molecule has 0 aromatic carbocycles. The number of hydrogen-bond acceptors (Lipinski definition) is 2. The van der Waals surface area contributed by atoms with Crippen LogP contribution in [0.2, 0.25) is 0 Å². The summed E-state index contributed by atoms with van der Waals surface area (Å²) < 4.78 is 23.6. The van der Waals surface area contributed by atoms with Crippen LogP contribution in [-0.2, 0) is 9.59 Å². The lowest BCUT2D eigenvalue weighted by Gasteiger charge is -2.02. The zero-order valence-corrected chi connectivity index (χ0v) is 6.19. The number of carboxylic acids is 1. The topological polar surface area (TPSA) is 54.4 Å². The quantitative estimate of drug-likeness (QED) is 0.567. The third kappa shape index (κ3) is 3.49. The molecule has 0 amide bonds. The summed E-state index contributed by atoms with van der Waals surface area (Å²) in [6.07, 6.45) is -1.17. The molecule has 0 radical (unpaired) electrons. The van der Waals surface area contributed by atoms with Gasteiger partial charge in [0, 0.05) is 0 Å². The van der Waals surface area contributed by atoms with E-state index in [0.29, 0.717) is 0 Å². The first-order valence-corrected chi connectivity index (χ1v) is 2.95. The van der Waals surface area contributed by atoms with E-state index in [2.05, 4.69) is 0 Å². The highest BCUT2D eigenvalue weighted by Gasteiger charge is 2.35. The first-order valence-electron chi connectivity index (χ1n) is 2.16. The van der Waals surface area contributed by atoms with Gasteiger partial charge < -0.3 is 5.11 Å². The van der Waals surface area contributed by atoms with Crippen LogP contribution in [-0.4, -0.2) is 21.7 Å². The van der Waals surface area contributed by atoms with Gasteiger partial charge in [0.1, 0.15) is 6.42 Å². The van der Waals surface area contributed by atoms with E-state index in [0.717, 1.165) is 0 Å². The van der Waals surface area contributed by atoms with Crippen LogP contribution >= 0.6 is 15.9 Å². The van der Waals surface area contributed by atoms with E-state index >= 15 is 0 Å². The van der Waals surface area contributed by atoms with Gasteiger partial charge in [-0.3, -0.25) is 9.59 Å². The van der Waals surface area contributed by atoms with Crippen molar-refractivity contribution in [3.63, 3.8) is 0 Å². The molecule has 0 saturated heterocycles. The number of Topliss-reactive ketones (excluding diaryl/α,β-unsaturated/α-hetero) is 1. The molecule has 0 aliphatic carbocycles. The molecule has 0 aromatic rings.